The number of rotatable bonds is 5. The summed E-state index contributed by atoms with van der Waals surface area (Å²) in [5.74, 6) is -0.495. The highest BCUT2D eigenvalue weighted by atomic mass is 35.5. The van der Waals surface area contributed by atoms with Gasteiger partial charge in [-0.1, -0.05) is 40.6 Å². The van der Waals surface area contributed by atoms with Gasteiger partial charge in [0.1, 0.15) is 0 Å². The average molecular weight is 470 g/mol. The summed E-state index contributed by atoms with van der Waals surface area (Å²) < 4.78 is 28.0. The van der Waals surface area contributed by atoms with Crippen LogP contribution >= 0.6 is 34.5 Å². The van der Waals surface area contributed by atoms with Gasteiger partial charge in [0.15, 0.2) is 4.80 Å². The first kappa shape index (κ1) is 21.7. The molecular formula is C19H17Cl2N3O3S2. The fraction of sp³-hybridized carbons (Fsp3) is 0.158. The Bertz CT molecular complexity index is 1270. The summed E-state index contributed by atoms with van der Waals surface area (Å²) in [6, 6.07) is 9.05. The Morgan fingerprint density at radius 3 is 2.48 bits per heavy atom. The minimum Gasteiger partial charge on any atom is -0.311 e. The number of fused-ring (bicyclic) bond motifs is 1. The number of aromatic nitrogens is 1. The second kappa shape index (κ2) is 8.41. The molecule has 1 aromatic heterocycles. The summed E-state index contributed by atoms with van der Waals surface area (Å²) in [5.41, 5.74) is 0.995. The van der Waals surface area contributed by atoms with Gasteiger partial charge in [-0.25, -0.2) is 12.7 Å². The van der Waals surface area contributed by atoms with E-state index < -0.39 is 15.9 Å². The predicted molar refractivity (Wildman–Crippen MR) is 117 cm³/mol. The van der Waals surface area contributed by atoms with Gasteiger partial charge in [0, 0.05) is 31.2 Å². The van der Waals surface area contributed by atoms with E-state index in [1.807, 2.05) is 0 Å². The Kier molecular flexibility index (Phi) is 6.30. The molecule has 2 aromatic carbocycles. The molecule has 0 unspecified atom stereocenters. The van der Waals surface area contributed by atoms with E-state index in [-0.39, 0.29) is 10.5 Å². The number of thiazole rings is 1. The van der Waals surface area contributed by atoms with Crippen LogP contribution < -0.4 is 4.80 Å². The van der Waals surface area contributed by atoms with Crippen LogP contribution in [0.1, 0.15) is 10.4 Å². The number of allylic oxidation sites excluding steroid dienone is 1. The molecule has 0 saturated heterocycles. The van der Waals surface area contributed by atoms with Crippen LogP contribution in [0.2, 0.25) is 10.0 Å². The molecule has 1 heterocycles. The van der Waals surface area contributed by atoms with Gasteiger partial charge in [0.2, 0.25) is 10.0 Å². The van der Waals surface area contributed by atoms with Crippen LogP contribution in [0.5, 0.6) is 0 Å². The maximum absolute atomic E-state index is 12.7. The van der Waals surface area contributed by atoms with Crippen molar-refractivity contribution >= 4 is 60.7 Å². The lowest BCUT2D eigenvalue weighted by atomic mass is 10.2. The number of amides is 1. The molecule has 3 aromatic rings. The van der Waals surface area contributed by atoms with Gasteiger partial charge in [-0.2, -0.15) is 4.99 Å². The van der Waals surface area contributed by atoms with Gasteiger partial charge < -0.3 is 4.57 Å². The lowest BCUT2D eigenvalue weighted by molar-refractivity contribution is 0.0998. The molecule has 0 radical (unpaired) electrons. The molecule has 0 aliphatic rings. The molecule has 29 heavy (non-hydrogen) atoms. The van der Waals surface area contributed by atoms with Gasteiger partial charge >= 0.3 is 0 Å². The highest BCUT2D eigenvalue weighted by molar-refractivity contribution is 7.89. The monoisotopic (exact) mass is 469 g/mol. The SMILES string of the molecule is C=CCn1c(=NC(=O)c2ccc(S(=O)(=O)N(C)C)cc2)sc2cc(Cl)cc(Cl)c21. The summed E-state index contributed by atoms with van der Waals surface area (Å²) in [6.45, 7) is 4.15. The molecule has 0 N–H and O–H groups in total. The van der Waals surface area contributed by atoms with Crippen molar-refractivity contribution in [3.8, 4) is 0 Å². The van der Waals surface area contributed by atoms with E-state index in [4.69, 9.17) is 23.2 Å². The van der Waals surface area contributed by atoms with E-state index in [2.05, 4.69) is 11.6 Å². The average Bonchev–Trinajstić information content (AvgIpc) is 2.99. The molecule has 0 fully saturated rings. The van der Waals surface area contributed by atoms with Crippen LogP contribution in [0.3, 0.4) is 0 Å². The van der Waals surface area contributed by atoms with Gasteiger partial charge in [0.05, 0.1) is 20.1 Å². The normalized spacial score (nSPS) is 12.7. The number of hydrogen-bond donors (Lipinski definition) is 0. The maximum Gasteiger partial charge on any atom is 0.279 e. The number of benzene rings is 2. The number of halogens is 2. The fourth-order valence-corrected chi connectivity index (χ4v) is 5.37. The Hall–Kier alpha value is -1.97. The van der Waals surface area contributed by atoms with E-state index in [1.165, 1.54) is 49.7 Å². The van der Waals surface area contributed by atoms with Gasteiger partial charge in [-0.15, -0.1) is 6.58 Å². The summed E-state index contributed by atoms with van der Waals surface area (Å²) in [6.07, 6.45) is 1.68. The largest absolute Gasteiger partial charge is 0.311 e. The second-order valence-electron chi connectivity index (χ2n) is 6.25. The number of carbonyl (C=O) groups excluding carboxylic acids is 1. The molecule has 1 amide bonds. The van der Waals surface area contributed by atoms with Crippen LogP contribution in [0.4, 0.5) is 0 Å². The van der Waals surface area contributed by atoms with Gasteiger partial charge in [-0.3, -0.25) is 4.79 Å². The summed E-state index contributed by atoms with van der Waals surface area (Å²) in [7, 11) is -0.677. The van der Waals surface area contributed by atoms with Crippen molar-refractivity contribution in [2.75, 3.05) is 14.1 Å². The molecule has 0 atom stereocenters. The summed E-state index contributed by atoms with van der Waals surface area (Å²) >= 11 is 13.7. The Morgan fingerprint density at radius 1 is 1.24 bits per heavy atom. The minimum absolute atomic E-state index is 0.101. The minimum atomic E-state index is -3.57. The third-order valence-electron chi connectivity index (χ3n) is 4.08. The van der Waals surface area contributed by atoms with E-state index in [0.29, 0.717) is 21.4 Å². The number of hydrogen-bond acceptors (Lipinski definition) is 4. The van der Waals surface area contributed by atoms with E-state index in [1.54, 1.807) is 22.8 Å². The Balaban J connectivity index is 2.07. The third-order valence-corrected chi connectivity index (χ3v) is 7.44. The molecule has 0 aliphatic heterocycles. The van der Waals surface area contributed by atoms with Crippen LogP contribution in [0.25, 0.3) is 10.2 Å². The molecule has 0 saturated carbocycles. The van der Waals surface area contributed by atoms with Crippen molar-refractivity contribution in [2.45, 2.75) is 11.4 Å². The smallest absolute Gasteiger partial charge is 0.279 e. The number of sulfonamides is 1. The predicted octanol–water partition coefficient (Wildman–Crippen LogP) is 4.19. The van der Waals surface area contributed by atoms with Crippen molar-refractivity contribution in [3.05, 3.63) is 69.5 Å². The number of carbonyl (C=O) groups is 1. The molecule has 0 aliphatic carbocycles. The molecule has 10 heteroatoms. The van der Waals surface area contributed by atoms with Crippen molar-refractivity contribution in [1.82, 2.24) is 8.87 Å². The maximum atomic E-state index is 12.7. The van der Waals surface area contributed by atoms with Gasteiger partial charge in [-0.05, 0) is 36.4 Å². The Labute approximate surface area is 182 Å². The standard InChI is InChI=1S/C19H17Cl2N3O3S2/c1-4-9-24-17-15(21)10-13(20)11-16(17)28-19(24)22-18(25)12-5-7-14(8-6-12)29(26,27)23(2)3/h4-8,10-11H,1,9H2,2-3H3. The number of nitrogens with zero attached hydrogens (tertiary/aromatic N) is 3. The summed E-state index contributed by atoms with van der Waals surface area (Å²) in [4.78, 5) is 17.4. The first-order valence-electron chi connectivity index (χ1n) is 8.36. The molecular weight excluding hydrogens is 453 g/mol. The first-order chi connectivity index (χ1) is 13.6. The lowest BCUT2D eigenvalue weighted by Gasteiger charge is -2.11. The van der Waals surface area contributed by atoms with Gasteiger partial charge in [0.25, 0.3) is 5.91 Å². The van der Waals surface area contributed by atoms with Crippen LogP contribution in [0.15, 0.2) is 58.9 Å². The van der Waals surface area contributed by atoms with E-state index in [0.717, 1.165) is 14.5 Å². The van der Waals surface area contributed by atoms with Crippen LogP contribution in [0, 0.1) is 0 Å². The molecule has 0 spiro atoms. The zero-order chi connectivity index (χ0) is 21.3. The highest BCUT2D eigenvalue weighted by Gasteiger charge is 2.18. The first-order valence-corrected chi connectivity index (χ1v) is 11.4. The van der Waals surface area contributed by atoms with E-state index >= 15 is 0 Å². The van der Waals surface area contributed by atoms with Crippen molar-refractivity contribution in [3.63, 3.8) is 0 Å². The molecule has 3 rings (SSSR count). The molecule has 152 valence electrons. The second-order valence-corrected chi connectivity index (χ2v) is 10.3. The Morgan fingerprint density at radius 2 is 1.90 bits per heavy atom. The topological polar surface area (TPSA) is 71.7 Å². The third kappa shape index (κ3) is 4.31. The zero-order valence-electron chi connectivity index (χ0n) is 15.6. The van der Waals surface area contributed by atoms with Crippen LogP contribution in [-0.4, -0.2) is 37.3 Å². The zero-order valence-corrected chi connectivity index (χ0v) is 18.7. The van der Waals surface area contributed by atoms with E-state index in [9.17, 15) is 13.2 Å². The van der Waals surface area contributed by atoms with Crippen molar-refractivity contribution in [1.29, 1.82) is 0 Å². The lowest BCUT2D eigenvalue weighted by Crippen LogP contribution is -2.22. The summed E-state index contributed by atoms with van der Waals surface area (Å²) in [5, 5.41) is 0.947. The van der Waals surface area contributed by atoms with Crippen molar-refractivity contribution in [2.24, 2.45) is 4.99 Å². The molecule has 6 nitrogen and oxygen atoms in total. The molecule has 0 bridgehead atoms. The van der Waals surface area contributed by atoms with Crippen LogP contribution in [-0.2, 0) is 16.6 Å². The van der Waals surface area contributed by atoms with Crippen molar-refractivity contribution < 1.29 is 13.2 Å². The highest BCUT2D eigenvalue weighted by Crippen LogP contribution is 2.29. The fourth-order valence-electron chi connectivity index (χ4n) is 2.64. The quantitative estimate of drug-likeness (QED) is 0.525.